The number of nitrogens with one attached hydrogen (secondary N) is 1. The molecule has 1 saturated heterocycles. The number of amides is 4. The first kappa shape index (κ1) is 24.6. The number of carbonyl (C=O) groups is 3. The molecule has 4 rings (SSSR count). The van der Waals surface area contributed by atoms with E-state index < -0.39 is 17.8 Å². The number of benzene rings is 3. The zero-order valence-electron chi connectivity index (χ0n) is 18.2. The van der Waals surface area contributed by atoms with E-state index in [0.717, 1.165) is 10.5 Å². The molecular formula is C25H17Cl3N2O5. The first-order chi connectivity index (χ1) is 16.8. The summed E-state index contributed by atoms with van der Waals surface area (Å²) in [7, 11) is 1.50. The summed E-state index contributed by atoms with van der Waals surface area (Å²) < 4.78 is 11.2. The summed E-state index contributed by atoms with van der Waals surface area (Å²) in [4.78, 5) is 39.1. The van der Waals surface area contributed by atoms with Crippen LogP contribution in [-0.2, 0) is 16.2 Å². The van der Waals surface area contributed by atoms with E-state index in [0.29, 0.717) is 22.1 Å². The fraction of sp³-hybridized carbons (Fsp3) is 0.0800. The third kappa shape index (κ3) is 5.27. The molecule has 178 valence electrons. The van der Waals surface area contributed by atoms with Crippen LogP contribution in [0.4, 0.5) is 10.5 Å². The Morgan fingerprint density at radius 2 is 1.69 bits per heavy atom. The summed E-state index contributed by atoms with van der Waals surface area (Å²) in [5.74, 6) is -0.821. The molecule has 1 heterocycles. The lowest BCUT2D eigenvalue weighted by Gasteiger charge is -2.26. The maximum Gasteiger partial charge on any atom is 0.335 e. The van der Waals surface area contributed by atoms with Gasteiger partial charge in [-0.2, -0.15) is 0 Å². The van der Waals surface area contributed by atoms with Gasteiger partial charge in [0.1, 0.15) is 23.7 Å². The highest BCUT2D eigenvalue weighted by Gasteiger charge is 2.37. The lowest BCUT2D eigenvalue weighted by atomic mass is 10.1. The van der Waals surface area contributed by atoms with Crippen LogP contribution < -0.4 is 19.7 Å². The Bertz CT molecular complexity index is 1370. The molecular weight excluding hydrogens is 515 g/mol. The SMILES string of the molecule is COc1ccc(/C=C2\C(=O)NC(=O)N(c3ccc(Cl)c(Cl)c3)C2=O)c(OCc2ccccc2Cl)c1. The van der Waals surface area contributed by atoms with Gasteiger partial charge in [-0.1, -0.05) is 53.0 Å². The summed E-state index contributed by atoms with van der Waals surface area (Å²) >= 11 is 18.2. The van der Waals surface area contributed by atoms with Crippen LogP contribution in [0.2, 0.25) is 15.1 Å². The molecule has 0 bridgehead atoms. The first-order valence-electron chi connectivity index (χ1n) is 10.2. The van der Waals surface area contributed by atoms with Gasteiger partial charge in [-0.05, 0) is 42.5 Å². The van der Waals surface area contributed by atoms with Gasteiger partial charge in [-0.25, -0.2) is 9.69 Å². The molecule has 10 heteroatoms. The van der Waals surface area contributed by atoms with E-state index in [-0.39, 0.29) is 27.9 Å². The number of ether oxygens (including phenoxy) is 2. The minimum absolute atomic E-state index is 0.136. The largest absolute Gasteiger partial charge is 0.497 e. The molecule has 0 aliphatic carbocycles. The zero-order valence-corrected chi connectivity index (χ0v) is 20.4. The predicted molar refractivity (Wildman–Crippen MR) is 134 cm³/mol. The second kappa shape index (κ2) is 10.4. The molecule has 1 aliphatic heterocycles. The molecule has 1 N–H and O–H groups in total. The van der Waals surface area contributed by atoms with Gasteiger partial charge in [0.15, 0.2) is 0 Å². The number of urea groups is 1. The lowest BCUT2D eigenvalue weighted by molar-refractivity contribution is -0.122. The third-order valence-electron chi connectivity index (χ3n) is 5.12. The predicted octanol–water partition coefficient (Wildman–Crippen LogP) is 5.90. The highest BCUT2D eigenvalue weighted by atomic mass is 35.5. The first-order valence-corrected chi connectivity index (χ1v) is 11.3. The van der Waals surface area contributed by atoms with E-state index in [1.165, 1.54) is 31.4 Å². The Labute approximate surface area is 215 Å². The summed E-state index contributed by atoms with van der Waals surface area (Å²) in [6, 6.07) is 15.5. The maximum atomic E-state index is 13.2. The van der Waals surface area contributed by atoms with Gasteiger partial charge in [-0.15, -0.1) is 0 Å². The van der Waals surface area contributed by atoms with E-state index in [2.05, 4.69) is 5.32 Å². The fourth-order valence-electron chi connectivity index (χ4n) is 3.33. The molecule has 1 aliphatic rings. The van der Waals surface area contributed by atoms with Crippen LogP contribution in [0.25, 0.3) is 6.08 Å². The van der Waals surface area contributed by atoms with Crippen molar-refractivity contribution in [2.75, 3.05) is 12.0 Å². The Kier molecular flexibility index (Phi) is 7.31. The van der Waals surface area contributed by atoms with Crippen molar-refractivity contribution in [3.8, 4) is 11.5 Å². The van der Waals surface area contributed by atoms with Crippen molar-refractivity contribution in [1.29, 1.82) is 0 Å². The maximum absolute atomic E-state index is 13.2. The van der Waals surface area contributed by atoms with Crippen molar-refractivity contribution in [3.63, 3.8) is 0 Å². The summed E-state index contributed by atoms with van der Waals surface area (Å²) in [5, 5.41) is 3.11. The van der Waals surface area contributed by atoms with Crippen molar-refractivity contribution >= 4 is 64.4 Å². The lowest BCUT2D eigenvalue weighted by Crippen LogP contribution is -2.54. The molecule has 35 heavy (non-hydrogen) atoms. The van der Waals surface area contributed by atoms with E-state index >= 15 is 0 Å². The number of nitrogens with zero attached hydrogens (tertiary/aromatic N) is 1. The highest BCUT2D eigenvalue weighted by Crippen LogP contribution is 2.32. The van der Waals surface area contributed by atoms with Gasteiger partial charge in [0.25, 0.3) is 11.8 Å². The van der Waals surface area contributed by atoms with E-state index in [1.807, 2.05) is 12.1 Å². The number of hydrogen-bond acceptors (Lipinski definition) is 5. The van der Waals surface area contributed by atoms with Crippen LogP contribution in [0.1, 0.15) is 11.1 Å². The quantitative estimate of drug-likeness (QED) is 0.316. The van der Waals surface area contributed by atoms with Crippen LogP contribution >= 0.6 is 34.8 Å². The molecule has 0 unspecified atom stereocenters. The van der Waals surface area contributed by atoms with Gasteiger partial charge in [0, 0.05) is 22.2 Å². The smallest absolute Gasteiger partial charge is 0.335 e. The van der Waals surface area contributed by atoms with E-state index in [4.69, 9.17) is 44.3 Å². The van der Waals surface area contributed by atoms with Crippen LogP contribution in [0, 0.1) is 0 Å². The van der Waals surface area contributed by atoms with E-state index in [1.54, 1.807) is 30.3 Å². The van der Waals surface area contributed by atoms with Crippen molar-refractivity contribution in [3.05, 3.63) is 92.4 Å². The van der Waals surface area contributed by atoms with Crippen LogP contribution in [0.15, 0.2) is 66.2 Å². The molecule has 0 aromatic heterocycles. The van der Waals surface area contributed by atoms with Gasteiger partial charge >= 0.3 is 6.03 Å². The zero-order chi connectivity index (χ0) is 25.1. The molecule has 7 nitrogen and oxygen atoms in total. The third-order valence-corrected chi connectivity index (χ3v) is 6.23. The molecule has 0 saturated carbocycles. The molecule has 3 aromatic rings. The Hall–Kier alpha value is -3.52. The van der Waals surface area contributed by atoms with Crippen LogP contribution in [0.5, 0.6) is 11.5 Å². The molecule has 3 aromatic carbocycles. The normalized spacial score (nSPS) is 14.8. The summed E-state index contributed by atoms with van der Waals surface area (Å²) in [6.07, 6.45) is 1.34. The van der Waals surface area contributed by atoms with Gasteiger partial charge < -0.3 is 9.47 Å². The molecule has 0 radical (unpaired) electrons. The summed E-state index contributed by atoms with van der Waals surface area (Å²) in [6.45, 7) is 0.136. The highest BCUT2D eigenvalue weighted by molar-refractivity contribution is 6.43. The Morgan fingerprint density at radius 1 is 0.914 bits per heavy atom. The topological polar surface area (TPSA) is 84.9 Å². The monoisotopic (exact) mass is 530 g/mol. The Morgan fingerprint density at radius 3 is 2.40 bits per heavy atom. The minimum Gasteiger partial charge on any atom is -0.497 e. The Balaban J connectivity index is 1.70. The molecule has 1 fully saturated rings. The standard InChI is InChI=1S/C25H17Cl3N2O5/c1-34-17-8-6-14(22(12-17)35-13-15-4-2-3-5-19(15)26)10-18-23(31)29-25(33)30(24(18)32)16-7-9-20(27)21(28)11-16/h2-12H,13H2,1H3,(H,29,31,33)/b18-10+. The minimum atomic E-state index is -0.902. The average Bonchev–Trinajstić information content (AvgIpc) is 2.83. The molecule has 0 atom stereocenters. The number of halogens is 3. The van der Waals surface area contributed by atoms with Crippen LogP contribution in [0.3, 0.4) is 0 Å². The average molecular weight is 532 g/mol. The second-order valence-corrected chi connectivity index (χ2v) is 8.56. The number of methoxy groups -OCH3 is 1. The number of hydrogen-bond donors (Lipinski definition) is 1. The number of anilines is 1. The van der Waals surface area contributed by atoms with Crippen molar-refractivity contribution in [2.45, 2.75) is 6.61 Å². The fourth-order valence-corrected chi connectivity index (χ4v) is 3.81. The van der Waals surface area contributed by atoms with Crippen molar-refractivity contribution < 1.29 is 23.9 Å². The van der Waals surface area contributed by atoms with Crippen molar-refractivity contribution in [1.82, 2.24) is 5.32 Å². The molecule has 0 spiro atoms. The summed E-state index contributed by atoms with van der Waals surface area (Å²) in [5.41, 5.74) is 1.05. The number of imide groups is 2. The van der Waals surface area contributed by atoms with Gasteiger partial charge in [0.05, 0.1) is 22.8 Å². The van der Waals surface area contributed by atoms with E-state index in [9.17, 15) is 14.4 Å². The number of carbonyl (C=O) groups excluding carboxylic acids is 3. The number of rotatable bonds is 6. The van der Waals surface area contributed by atoms with Crippen molar-refractivity contribution in [2.24, 2.45) is 0 Å². The molecule has 4 amide bonds. The second-order valence-electron chi connectivity index (χ2n) is 7.34. The number of barbiturate groups is 1. The van der Waals surface area contributed by atoms with Gasteiger partial charge in [-0.3, -0.25) is 14.9 Å². The van der Waals surface area contributed by atoms with Gasteiger partial charge in [0.2, 0.25) is 0 Å². The van der Waals surface area contributed by atoms with Crippen LogP contribution in [-0.4, -0.2) is 25.0 Å².